The first-order valence-electron chi connectivity index (χ1n) is 4.35. The molecule has 0 amide bonds. The third-order valence-corrected chi connectivity index (χ3v) is 2.00. The highest BCUT2D eigenvalue weighted by atomic mass is 16.5. The standard InChI is InChI=1S/C9H16N2O/c1-5-8-7(3)9(12-6-2)10-11(8)4/h5-6H2,1-4H3. The van der Waals surface area contributed by atoms with Crippen LogP contribution in [-0.2, 0) is 13.5 Å². The lowest BCUT2D eigenvalue weighted by molar-refractivity contribution is 0.321. The maximum absolute atomic E-state index is 5.37. The van der Waals surface area contributed by atoms with Gasteiger partial charge in [0.05, 0.1) is 6.61 Å². The van der Waals surface area contributed by atoms with Crippen LogP contribution in [-0.4, -0.2) is 16.4 Å². The van der Waals surface area contributed by atoms with Crippen LogP contribution in [0.15, 0.2) is 0 Å². The van der Waals surface area contributed by atoms with Gasteiger partial charge in [0.15, 0.2) is 0 Å². The second-order valence-corrected chi connectivity index (χ2v) is 2.79. The number of rotatable bonds is 3. The minimum Gasteiger partial charge on any atom is -0.477 e. The topological polar surface area (TPSA) is 27.1 Å². The van der Waals surface area contributed by atoms with Gasteiger partial charge in [-0.05, 0) is 20.3 Å². The summed E-state index contributed by atoms with van der Waals surface area (Å²) in [5, 5.41) is 4.27. The van der Waals surface area contributed by atoms with Crippen LogP contribution in [0.2, 0.25) is 0 Å². The Morgan fingerprint density at radius 2 is 2.08 bits per heavy atom. The van der Waals surface area contributed by atoms with Gasteiger partial charge in [-0.2, -0.15) is 0 Å². The van der Waals surface area contributed by atoms with E-state index < -0.39 is 0 Å². The normalized spacial score (nSPS) is 10.3. The lowest BCUT2D eigenvalue weighted by Gasteiger charge is -1.98. The van der Waals surface area contributed by atoms with Crippen LogP contribution in [0.5, 0.6) is 5.88 Å². The fourth-order valence-corrected chi connectivity index (χ4v) is 1.41. The van der Waals surface area contributed by atoms with Crippen LogP contribution in [0.25, 0.3) is 0 Å². The van der Waals surface area contributed by atoms with Gasteiger partial charge in [-0.3, -0.25) is 4.68 Å². The minimum atomic E-state index is 0.682. The molecule has 68 valence electrons. The fourth-order valence-electron chi connectivity index (χ4n) is 1.41. The molecule has 0 aliphatic carbocycles. The lowest BCUT2D eigenvalue weighted by Crippen LogP contribution is -1.97. The van der Waals surface area contributed by atoms with Crippen molar-refractivity contribution in [2.75, 3.05) is 6.61 Å². The molecule has 0 bridgehead atoms. The smallest absolute Gasteiger partial charge is 0.235 e. The summed E-state index contributed by atoms with van der Waals surface area (Å²) in [6.45, 7) is 6.83. The van der Waals surface area contributed by atoms with Gasteiger partial charge in [-0.15, -0.1) is 5.10 Å². The Morgan fingerprint density at radius 3 is 2.50 bits per heavy atom. The van der Waals surface area contributed by atoms with E-state index in [-0.39, 0.29) is 0 Å². The molecule has 0 saturated heterocycles. The molecule has 0 atom stereocenters. The van der Waals surface area contributed by atoms with Gasteiger partial charge in [0.25, 0.3) is 0 Å². The SMILES string of the molecule is CCOc1nn(C)c(CC)c1C. The third kappa shape index (κ3) is 1.44. The number of hydrogen-bond donors (Lipinski definition) is 0. The number of aromatic nitrogens is 2. The van der Waals surface area contributed by atoms with Crippen LogP contribution in [0.3, 0.4) is 0 Å². The molecule has 1 aromatic rings. The summed E-state index contributed by atoms with van der Waals surface area (Å²) in [6, 6.07) is 0. The number of hydrogen-bond acceptors (Lipinski definition) is 2. The van der Waals surface area contributed by atoms with Crippen LogP contribution in [0, 0.1) is 6.92 Å². The average Bonchev–Trinajstić information content (AvgIpc) is 2.29. The first kappa shape index (κ1) is 9.10. The van der Waals surface area contributed by atoms with E-state index in [1.54, 1.807) is 0 Å². The van der Waals surface area contributed by atoms with Crippen molar-refractivity contribution in [3.8, 4) is 5.88 Å². The van der Waals surface area contributed by atoms with E-state index in [2.05, 4.69) is 18.9 Å². The summed E-state index contributed by atoms with van der Waals surface area (Å²) in [7, 11) is 1.95. The molecule has 0 fully saturated rings. The van der Waals surface area contributed by atoms with E-state index in [0.717, 1.165) is 12.3 Å². The largest absolute Gasteiger partial charge is 0.477 e. The predicted molar refractivity (Wildman–Crippen MR) is 48.5 cm³/mol. The summed E-state index contributed by atoms with van der Waals surface area (Å²) in [4.78, 5) is 0. The Bertz CT molecular complexity index is 266. The van der Waals surface area contributed by atoms with E-state index >= 15 is 0 Å². The first-order chi connectivity index (χ1) is 5.70. The van der Waals surface area contributed by atoms with Gasteiger partial charge < -0.3 is 4.74 Å². The van der Waals surface area contributed by atoms with Crippen molar-refractivity contribution < 1.29 is 4.74 Å². The summed E-state index contributed by atoms with van der Waals surface area (Å²) >= 11 is 0. The van der Waals surface area contributed by atoms with E-state index in [9.17, 15) is 0 Å². The highest BCUT2D eigenvalue weighted by molar-refractivity contribution is 5.29. The second-order valence-electron chi connectivity index (χ2n) is 2.79. The van der Waals surface area contributed by atoms with Crippen molar-refractivity contribution in [3.05, 3.63) is 11.3 Å². The van der Waals surface area contributed by atoms with Crippen molar-refractivity contribution in [3.63, 3.8) is 0 Å². The van der Waals surface area contributed by atoms with Gasteiger partial charge in [0.2, 0.25) is 5.88 Å². The molecule has 0 N–H and O–H groups in total. The molecule has 1 heterocycles. The maximum Gasteiger partial charge on any atom is 0.235 e. The Kier molecular flexibility index (Phi) is 2.74. The molecule has 1 rings (SSSR count). The van der Waals surface area contributed by atoms with Crippen LogP contribution in [0.4, 0.5) is 0 Å². The van der Waals surface area contributed by atoms with Crippen LogP contribution >= 0.6 is 0 Å². The average molecular weight is 168 g/mol. The maximum atomic E-state index is 5.37. The molecular weight excluding hydrogens is 152 g/mol. The molecule has 1 aromatic heterocycles. The molecule has 0 saturated carbocycles. The quantitative estimate of drug-likeness (QED) is 0.686. The Labute approximate surface area is 73.3 Å². The Balaban J connectivity index is 3.00. The molecule has 0 spiro atoms. The first-order valence-corrected chi connectivity index (χ1v) is 4.35. The summed E-state index contributed by atoms with van der Waals surface area (Å²) < 4.78 is 7.26. The van der Waals surface area contributed by atoms with Gasteiger partial charge in [-0.25, -0.2) is 0 Å². The van der Waals surface area contributed by atoms with Crippen molar-refractivity contribution in [2.24, 2.45) is 7.05 Å². The van der Waals surface area contributed by atoms with E-state index in [1.807, 2.05) is 18.7 Å². The van der Waals surface area contributed by atoms with Gasteiger partial charge in [0.1, 0.15) is 0 Å². The zero-order valence-electron chi connectivity index (χ0n) is 8.22. The fraction of sp³-hybridized carbons (Fsp3) is 0.667. The highest BCUT2D eigenvalue weighted by Gasteiger charge is 2.10. The van der Waals surface area contributed by atoms with Gasteiger partial charge in [-0.1, -0.05) is 6.92 Å². The lowest BCUT2D eigenvalue weighted by atomic mass is 10.2. The summed E-state index contributed by atoms with van der Waals surface area (Å²) in [6.07, 6.45) is 1.00. The zero-order valence-corrected chi connectivity index (χ0v) is 8.22. The van der Waals surface area contributed by atoms with Gasteiger partial charge in [0, 0.05) is 18.3 Å². The highest BCUT2D eigenvalue weighted by Crippen LogP contribution is 2.19. The molecular formula is C9H16N2O. The van der Waals surface area contributed by atoms with Crippen LogP contribution in [0.1, 0.15) is 25.1 Å². The van der Waals surface area contributed by atoms with Crippen molar-refractivity contribution >= 4 is 0 Å². The summed E-state index contributed by atoms with van der Waals surface area (Å²) in [5.41, 5.74) is 2.42. The molecule has 12 heavy (non-hydrogen) atoms. The van der Waals surface area contributed by atoms with Crippen molar-refractivity contribution in [1.29, 1.82) is 0 Å². The van der Waals surface area contributed by atoms with Gasteiger partial charge >= 0.3 is 0 Å². The number of aryl methyl sites for hydroxylation is 1. The molecule has 0 aromatic carbocycles. The van der Waals surface area contributed by atoms with E-state index in [1.165, 1.54) is 11.3 Å². The molecule has 3 heteroatoms. The van der Waals surface area contributed by atoms with Crippen molar-refractivity contribution in [2.45, 2.75) is 27.2 Å². The molecule has 3 nitrogen and oxygen atoms in total. The van der Waals surface area contributed by atoms with Crippen molar-refractivity contribution in [1.82, 2.24) is 9.78 Å². The van der Waals surface area contributed by atoms with E-state index in [4.69, 9.17) is 4.74 Å². The minimum absolute atomic E-state index is 0.682. The molecule has 0 aliphatic rings. The Hall–Kier alpha value is -0.990. The molecule has 0 radical (unpaired) electrons. The van der Waals surface area contributed by atoms with Crippen LogP contribution < -0.4 is 4.74 Å². The Morgan fingerprint density at radius 1 is 1.42 bits per heavy atom. The number of nitrogens with zero attached hydrogens (tertiary/aromatic N) is 2. The van der Waals surface area contributed by atoms with E-state index in [0.29, 0.717) is 6.61 Å². The third-order valence-electron chi connectivity index (χ3n) is 2.00. The molecule has 0 unspecified atom stereocenters. The second kappa shape index (κ2) is 3.61. The predicted octanol–water partition coefficient (Wildman–Crippen LogP) is 1.69. The zero-order chi connectivity index (χ0) is 9.14. The number of ether oxygens (including phenoxy) is 1. The summed E-state index contributed by atoms with van der Waals surface area (Å²) in [5.74, 6) is 0.775. The monoisotopic (exact) mass is 168 g/mol. The molecule has 0 aliphatic heterocycles.